The van der Waals surface area contributed by atoms with Gasteiger partial charge in [-0.25, -0.2) is 0 Å². The molecule has 0 atom stereocenters. The number of hydrogen-bond acceptors (Lipinski definition) is 2. The van der Waals surface area contributed by atoms with E-state index in [-0.39, 0.29) is 0 Å². The molecule has 0 saturated carbocycles. The lowest BCUT2D eigenvalue weighted by molar-refractivity contribution is 1.86. The van der Waals surface area contributed by atoms with Crippen LogP contribution in [0.2, 0.25) is 0 Å². The highest BCUT2D eigenvalue weighted by Crippen LogP contribution is 2.39. The summed E-state index contributed by atoms with van der Waals surface area (Å²) in [6, 6.07) is 22.7. The first-order chi connectivity index (χ1) is 13.3. The molecule has 0 aliphatic rings. The molecule has 4 aromatic carbocycles. The number of thiophene rings is 2. The highest BCUT2D eigenvalue weighted by atomic mass is 32.1. The van der Waals surface area contributed by atoms with Crippen molar-refractivity contribution in [2.75, 3.05) is 0 Å². The van der Waals surface area contributed by atoms with Crippen LogP contribution in [0.5, 0.6) is 0 Å². The lowest BCUT2D eigenvalue weighted by atomic mass is 9.95. The van der Waals surface area contributed by atoms with Gasteiger partial charge >= 0.3 is 0 Å². The zero-order chi connectivity index (χ0) is 18.0. The molecule has 0 fully saturated rings. The van der Waals surface area contributed by atoms with Gasteiger partial charge < -0.3 is 0 Å². The Balaban J connectivity index is 1.76. The van der Waals surface area contributed by atoms with Gasteiger partial charge in [0.2, 0.25) is 0 Å². The summed E-state index contributed by atoms with van der Waals surface area (Å²) in [6.45, 7) is 1.89. The van der Waals surface area contributed by atoms with Gasteiger partial charge in [0, 0.05) is 20.2 Å². The van der Waals surface area contributed by atoms with Crippen molar-refractivity contribution in [2.45, 2.75) is 6.92 Å². The Hall–Kier alpha value is -2.86. The first kappa shape index (κ1) is 15.2. The molecule has 0 aliphatic carbocycles. The van der Waals surface area contributed by atoms with Crippen molar-refractivity contribution in [2.24, 2.45) is 0 Å². The van der Waals surface area contributed by atoms with Gasteiger partial charge in [0.1, 0.15) is 0 Å². The van der Waals surface area contributed by atoms with Gasteiger partial charge in [-0.3, -0.25) is 0 Å². The minimum atomic E-state index is 1.14. The largest absolute Gasteiger partial charge is 0.144 e. The van der Waals surface area contributed by atoms with E-state index in [1.165, 1.54) is 52.5 Å². The molecule has 6 rings (SSSR count). The Morgan fingerprint density at radius 1 is 0.593 bits per heavy atom. The predicted octanol–water partition coefficient (Wildman–Crippen LogP) is 7.95. The van der Waals surface area contributed by atoms with Crippen molar-refractivity contribution < 1.29 is 0 Å². The van der Waals surface area contributed by atoms with Gasteiger partial charge in [0.25, 0.3) is 0 Å². The zero-order valence-electron chi connectivity index (χ0n) is 14.7. The van der Waals surface area contributed by atoms with E-state index in [0.29, 0.717) is 0 Å². The second-order valence-corrected chi connectivity index (χ2v) is 8.81. The van der Waals surface area contributed by atoms with Crippen LogP contribution in [0.3, 0.4) is 0 Å². The van der Waals surface area contributed by atoms with Crippen LogP contribution in [-0.4, -0.2) is 0 Å². The standard InChI is InChI=1S/C25H14S2/c1-2-3-15-14-23-21-7-5-16-17(19(21)9-11-25(23)27-15)4-6-20-18(16)8-10-24-22(20)12-13-26-24/h4-14H,1H3. The van der Waals surface area contributed by atoms with E-state index in [1.54, 1.807) is 11.3 Å². The second kappa shape index (κ2) is 5.57. The highest BCUT2D eigenvalue weighted by Gasteiger charge is 2.10. The van der Waals surface area contributed by atoms with E-state index in [2.05, 4.69) is 77.9 Å². The van der Waals surface area contributed by atoms with E-state index >= 15 is 0 Å². The minimum Gasteiger partial charge on any atom is -0.144 e. The fourth-order valence-electron chi connectivity index (χ4n) is 4.20. The molecule has 0 amide bonds. The summed E-state index contributed by atoms with van der Waals surface area (Å²) < 4.78 is 2.66. The molecule has 6 aromatic rings. The van der Waals surface area contributed by atoms with Crippen molar-refractivity contribution in [3.05, 3.63) is 70.9 Å². The van der Waals surface area contributed by atoms with E-state index in [4.69, 9.17) is 0 Å². The number of rotatable bonds is 0. The van der Waals surface area contributed by atoms with Crippen LogP contribution in [0, 0.1) is 11.8 Å². The van der Waals surface area contributed by atoms with Crippen LogP contribution >= 0.6 is 22.7 Å². The maximum Gasteiger partial charge on any atom is 0.0781 e. The Bertz CT molecular complexity index is 1580. The average Bonchev–Trinajstić information content (AvgIpc) is 3.33. The van der Waals surface area contributed by atoms with Crippen LogP contribution in [0.4, 0.5) is 0 Å². The summed E-state index contributed by atoms with van der Waals surface area (Å²) in [6.07, 6.45) is 0. The van der Waals surface area contributed by atoms with Crippen molar-refractivity contribution in [1.29, 1.82) is 0 Å². The first-order valence-electron chi connectivity index (χ1n) is 8.94. The van der Waals surface area contributed by atoms with Crippen LogP contribution in [0.1, 0.15) is 11.8 Å². The van der Waals surface area contributed by atoms with E-state index in [9.17, 15) is 0 Å². The van der Waals surface area contributed by atoms with Gasteiger partial charge in [0.05, 0.1) is 4.88 Å². The normalized spacial score (nSPS) is 11.6. The number of benzene rings is 4. The van der Waals surface area contributed by atoms with Crippen molar-refractivity contribution >= 4 is 75.2 Å². The summed E-state index contributed by atoms with van der Waals surface area (Å²) in [5.74, 6) is 6.22. The Kier molecular flexibility index (Phi) is 3.14. The molecule has 0 N–H and O–H groups in total. The Labute approximate surface area is 164 Å². The minimum absolute atomic E-state index is 1.14. The van der Waals surface area contributed by atoms with Gasteiger partial charge in [-0.05, 0) is 68.9 Å². The van der Waals surface area contributed by atoms with Crippen LogP contribution in [0.15, 0.2) is 66.0 Å². The summed E-state index contributed by atoms with van der Waals surface area (Å²) in [5, 5.41) is 12.8. The summed E-state index contributed by atoms with van der Waals surface area (Å²) >= 11 is 3.58. The molecule has 2 heteroatoms. The van der Waals surface area contributed by atoms with Gasteiger partial charge in [-0.2, -0.15) is 0 Å². The maximum atomic E-state index is 3.21. The molecule has 27 heavy (non-hydrogen) atoms. The summed E-state index contributed by atoms with van der Waals surface area (Å²) in [4.78, 5) is 1.14. The SMILES string of the molecule is CC#Cc1cc2c(ccc3c2ccc2c4ccc5sccc5c4ccc32)s1. The van der Waals surface area contributed by atoms with E-state index < -0.39 is 0 Å². The topological polar surface area (TPSA) is 0 Å². The molecule has 0 aliphatic heterocycles. The molecule has 2 aromatic heterocycles. The molecule has 0 unspecified atom stereocenters. The quantitative estimate of drug-likeness (QED) is 0.186. The Morgan fingerprint density at radius 2 is 1.15 bits per heavy atom. The third-order valence-electron chi connectivity index (χ3n) is 5.37. The molecule has 0 saturated heterocycles. The predicted molar refractivity (Wildman–Crippen MR) is 122 cm³/mol. The molecular weight excluding hydrogens is 364 g/mol. The molecule has 0 bridgehead atoms. The van der Waals surface area contributed by atoms with Crippen LogP contribution in [0.25, 0.3) is 52.5 Å². The van der Waals surface area contributed by atoms with E-state index in [0.717, 1.165) is 4.88 Å². The molecule has 0 radical (unpaired) electrons. The summed E-state index contributed by atoms with van der Waals surface area (Å²) in [7, 11) is 0. The van der Waals surface area contributed by atoms with Gasteiger partial charge in [0.15, 0.2) is 0 Å². The van der Waals surface area contributed by atoms with Crippen molar-refractivity contribution in [3.63, 3.8) is 0 Å². The lowest BCUT2D eigenvalue weighted by Gasteiger charge is -2.09. The molecule has 126 valence electrons. The molecule has 0 nitrogen and oxygen atoms in total. The third-order valence-corrected chi connectivity index (χ3v) is 7.27. The zero-order valence-corrected chi connectivity index (χ0v) is 16.3. The molecule has 0 spiro atoms. The third kappa shape index (κ3) is 2.10. The van der Waals surface area contributed by atoms with Crippen LogP contribution < -0.4 is 0 Å². The van der Waals surface area contributed by atoms with Crippen molar-refractivity contribution in [1.82, 2.24) is 0 Å². The average molecular weight is 379 g/mol. The smallest absolute Gasteiger partial charge is 0.0781 e. The highest BCUT2D eigenvalue weighted by molar-refractivity contribution is 7.19. The Morgan fingerprint density at radius 3 is 1.81 bits per heavy atom. The van der Waals surface area contributed by atoms with Crippen LogP contribution in [-0.2, 0) is 0 Å². The van der Waals surface area contributed by atoms with Crippen molar-refractivity contribution in [3.8, 4) is 11.8 Å². The fraction of sp³-hybridized carbons (Fsp3) is 0.0400. The van der Waals surface area contributed by atoms with E-state index in [1.807, 2.05) is 18.3 Å². The van der Waals surface area contributed by atoms with Gasteiger partial charge in [-0.15, -0.1) is 28.6 Å². The summed E-state index contributed by atoms with van der Waals surface area (Å²) in [5.41, 5.74) is 0. The fourth-order valence-corrected chi connectivity index (χ4v) is 5.98. The molecular formula is C25H14S2. The number of hydrogen-bond donors (Lipinski definition) is 0. The molecule has 2 heterocycles. The van der Waals surface area contributed by atoms with Gasteiger partial charge in [-0.1, -0.05) is 42.3 Å². The second-order valence-electron chi connectivity index (χ2n) is 6.78. The maximum absolute atomic E-state index is 3.21. The number of fused-ring (bicyclic) bond motifs is 9. The monoisotopic (exact) mass is 378 g/mol. The first-order valence-corrected chi connectivity index (χ1v) is 10.6. The lowest BCUT2D eigenvalue weighted by Crippen LogP contribution is -1.81.